The summed E-state index contributed by atoms with van der Waals surface area (Å²) in [5, 5.41) is 2.63. The topological polar surface area (TPSA) is 49.4 Å². The predicted molar refractivity (Wildman–Crippen MR) is 68.8 cm³/mol. The molecule has 2 atom stereocenters. The summed E-state index contributed by atoms with van der Waals surface area (Å²) in [7, 11) is 0. The summed E-state index contributed by atoms with van der Waals surface area (Å²) < 4.78 is 0. The molecule has 1 aromatic carbocycles. The second-order valence-corrected chi connectivity index (χ2v) is 4.72. The molecule has 4 nitrogen and oxygen atoms in total. The van der Waals surface area contributed by atoms with Crippen LogP contribution in [0.2, 0.25) is 0 Å². The standard InChI is InChI=1S/C14H18N2O2/c1-10-8-13(17)15-9-14(18)16(10)11(2)12-6-4-3-5-7-12/h3-7,10-11H,8-9H2,1-2H3,(H,15,17)/t10-,11?/m1/s1. The van der Waals surface area contributed by atoms with E-state index in [0.717, 1.165) is 5.56 Å². The summed E-state index contributed by atoms with van der Waals surface area (Å²) in [5.74, 6) is -0.0803. The average molecular weight is 246 g/mol. The van der Waals surface area contributed by atoms with Gasteiger partial charge in [0.25, 0.3) is 0 Å². The molecule has 1 aromatic rings. The minimum atomic E-state index is -0.0739. The fraction of sp³-hybridized carbons (Fsp3) is 0.429. The largest absolute Gasteiger partial charge is 0.347 e. The number of amides is 2. The maximum atomic E-state index is 12.1. The van der Waals surface area contributed by atoms with E-state index in [9.17, 15) is 9.59 Å². The second kappa shape index (κ2) is 5.21. The van der Waals surface area contributed by atoms with Gasteiger partial charge in [-0.3, -0.25) is 9.59 Å². The van der Waals surface area contributed by atoms with Crippen LogP contribution >= 0.6 is 0 Å². The molecule has 1 N–H and O–H groups in total. The quantitative estimate of drug-likeness (QED) is 0.859. The summed E-state index contributed by atoms with van der Waals surface area (Å²) in [6.07, 6.45) is 0.364. The van der Waals surface area contributed by atoms with E-state index in [1.165, 1.54) is 0 Å². The van der Waals surface area contributed by atoms with Crippen LogP contribution in [0.5, 0.6) is 0 Å². The molecule has 96 valence electrons. The maximum Gasteiger partial charge on any atom is 0.242 e. The highest BCUT2D eigenvalue weighted by molar-refractivity contribution is 5.88. The van der Waals surface area contributed by atoms with E-state index in [1.54, 1.807) is 4.90 Å². The summed E-state index contributed by atoms with van der Waals surface area (Å²) in [5.41, 5.74) is 1.09. The van der Waals surface area contributed by atoms with Gasteiger partial charge in [-0.05, 0) is 19.4 Å². The van der Waals surface area contributed by atoms with E-state index >= 15 is 0 Å². The third-order valence-electron chi connectivity index (χ3n) is 3.38. The van der Waals surface area contributed by atoms with Crippen LogP contribution in [0.3, 0.4) is 0 Å². The Bertz CT molecular complexity index is 444. The first-order valence-electron chi connectivity index (χ1n) is 6.22. The van der Waals surface area contributed by atoms with Crippen LogP contribution in [0.15, 0.2) is 30.3 Å². The number of carbonyl (C=O) groups is 2. The lowest BCUT2D eigenvalue weighted by Gasteiger charge is -2.33. The van der Waals surface area contributed by atoms with Crippen LogP contribution in [0, 0.1) is 0 Å². The van der Waals surface area contributed by atoms with Crippen LogP contribution in [-0.2, 0) is 9.59 Å². The Hall–Kier alpha value is -1.84. The Labute approximate surface area is 107 Å². The lowest BCUT2D eigenvalue weighted by atomic mass is 10.0. The highest BCUT2D eigenvalue weighted by Crippen LogP contribution is 2.24. The highest BCUT2D eigenvalue weighted by atomic mass is 16.2. The van der Waals surface area contributed by atoms with Gasteiger partial charge in [-0.25, -0.2) is 0 Å². The van der Waals surface area contributed by atoms with Gasteiger partial charge in [-0.1, -0.05) is 30.3 Å². The SMILES string of the molecule is CC(c1ccccc1)N1C(=O)CNC(=O)C[C@H]1C. The van der Waals surface area contributed by atoms with Gasteiger partial charge >= 0.3 is 0 Å². The van der Waals surface area contributed by atoms with Crippen molar-refractivity contribution < 1.29 is 9.59 Å². The average Bonchev–Trinajstić information content (AvgIpc) is 2.49. The minimum Gasteiger partial charge on any atom is -0.347 e. The number of rotatable bonds is 2. The molecule has 0 bridgehead atoms. The fourth-order valence-electron chi connectivity index (χ4n) is 2.44. The van der Waals surface area contributed by atoms with E-state index in [4.69, 9.17) is 0 Å². The number of benzene rings is 1. The molecule has 0 spiro atoms. The van der Waals surface area contributed by atoms with Gasteiger partial charge in [0.15, 0.2) is 0 Å². The van der Waals surface area contributed by atoms with Crippen molar-refractivity contribution in [3.05, 3.63) is 35.9 Å². The zero-order valence-electron chi connectivity index (χ0n) is 10.7. The molecule has 0 radical (unpaired) electrons. The van der Waals surface area contributed by atoms with Gasteiger partial charge in [0.1, 0.15) is 0 Å². The van der Waals surface area contributed by atoms with Crippen LogP contribution < -0.4 is 5.32 Å². The monoisotopic (exact) mass is 246 g/mol. The van der Waals surface area contributed by atoms with Crippen molar-refractivity contribution in [1.82, 2.24) is 10.2 Å². The van der Waals surface area contributed by atoms with E-state index < -0.39 is 0 Å². The van der Waals surface area contributed by atoms with Gasteiger partial charge < -0.3 is 10.2 Å². The summed E-state index contributed by atoms with van der Waals surface area (Å²) >= 11 is 0. The Morgan fingerprint density at radius 2 is 1.94 bits per heavy atom. The lowest BCUT2D eigenvalue weighted by molar-refractivity contribution is -0.133. The number of hydrogen-bond acceptors (Lipinski definition) is 2. The van der Waals surface area contributed by atoms with Crippen molar-refractivity contribution in [3.63, 3.8) is 0 Å². The van der Waals surface area contributed by atoms with Gasteiger partial charge in [0.05, 0.1) is 12.6 Å². The molecule has 2 rings (SSSR count). The first kappa shape index (κ1) is 12.6. The van der Waals surface area contributed by atoms with Crippen molar-refractivity contribution in [2.75, 3.05) is 6.54 Å². The Balaban J connectivity index is 2.24. The van der Waals surface area contributed by atoms with Crippen LogP contribution in [0.25, 0.3) is 0 Å². The first-order chi connectivity index (χ1) is 8.59. The van der Waals surface area contributed by atoms with E-state index in [2.05, 4.69) is 5.32 Å². The predicted octanol–water partition coefficient (Wildman–Crippen LogP) is 1.48. The van der Waals surface area contributed by atoms with Gasteiger partial charge in [0, 0.05) is 12.5 Å². The summed E-state index contributed by atoms with van der Waals surface area (Å²) in [6.45, 7) is 4.02. The first-order valence-corrected chi connectivity index (χ1v) is 6.22. The molecular formula is C14H18N2O2. The normalized spacial score (nSPS) is 22.3. The third-order valence-corrected chi connectivity index (χ3v) is 3.38. The maximum absolute atomic E-state index is 12.1. The van der Waals surface area contributed by atoms with E-state index in [-0.39, 0.29) is 30.4 Å². The zero-order valence-corrected chi connectivity index (χ0v) is 10.7. The molecular weight excluding hydrogens is 228 g/mol. The fourth-order valence-corrected chi connectivity index (χ4v) is 2.44. The molecule has 2 amide bonds. The Morgan fingerprint density at radius 3 is 2.61 bits per heavy atom. The third kappa shape index (κ3) is 2.53. The lowest BCUT2D eigenvalue weighted by Crippen LogP contribution is -2.41. The molecule has 1 aliphatic heterocycles. The summed E-state index contributed by atoms with van der Waals surface area (Å²) in [6, 6.07) is 9.80. The smallest absolute Gasteiger partial charge is 0.242 e. The van der Waals surface area contributed by atoms with Gasteiger partial charge in [-0.15, -0.1) is 0 Å². The van der Waals surface area contributed by atoms with Crippen LogP contribution in [0.4, 0.5) is 0 Å². The van der Waals surface area contributed by atoms with Crippen LogP contribution in [0.1, 0.15) is 31.9 Å². The highest BCUT2D eigenvalue weighted by Gasteiger charge is 2.30. The Morgan fingerprint density at radius 1 is 1.28 bits per heavy atom. The second-order valence-electron chi connectivity index (χ2n) is 4.72. The van der Waals surface area contributed by atoms with Gasteiger partial charge in [0.2, 0.25) is 11.8 Å². The molecule has 0 saturated carbocycles. The molecule has 4 heteroatoms. The van der Waals surface area contributed by atoms with Crippen LogP contribution in [-0.4, -0.2) is 29.3 Å². The minimum absolute atomic E-state index is 0.0126. The molecule has 1 heterocycles. The summed E-state index contributed by atoms with van der Waals surface area (Å²) in [4.78, 5) is 25.3. The van der Waals surface area contributed by atoms with Crippen molar-refractivity contribution in [3.8, 4) is 0 Å². The number of carbonyl (C=O) groups excluding carboxylic acids is 2. The van der Waals surface area contributed by atoms with Crippen molar-refractivity contribution in [2.45, 2.75) is 32.4 Å². The van der Waals surface area contributed by atoms with Crippen molar-refractivity contribution >= 4 is 11.8 Å². The Kier molecular flexibility index (Phi) is 3.65. The van der Waals surface area contributed by atoms with Crippen molar-refractivity contribution in [1.29, 1.82) is 0 Å². The molecule has 1 aliphatic rings. The zero-order chi connectivity index (χ0) is 13.1. The molecule has 1 unspecified atom stereocenters. The van der Waals surface area contributed by atoms with Crippen molar-refractivity contribution in [2.24, 2.45) is 0 Å². The number of hydrogen-bond donors (Lipinski definition) is 1. The number of nitrogens with one attached hydrogen (secondary N) is 1. The number of nitrogens with zero attached hydrogens (tertiary/aromatic N) is 1. The van der Waals surface area contributed by atoms with E-state index in [1.807, 2.05) is 44.2 Å². The molecule has 1 fully saturated rings. The van der Waals surface area contributed by atoms with Gasteiger partial charge in [-0.2, -0.15) is 0 Å². The molecule has 1 saturated heterocycles. The van der Waals surface area contributed by atoms with E-state index in [0.29, 0.717) is 6.42 Å². The molecule has 0 aliphatic carbocycles. The molecule has 18 heavy (non-hydrogen) atoms. The molecule has 0 aromatic heterocycles.